The largest absolute Gasteiger partial charge is 0.383 e. The molecule has 0 atom stereocenters. The molecule has 0 spiro atoms. The average molecular weight is 478 g/mol. The lowest BCUT2D eigenvalue weighted by atomic mass is 10.0. The van der Waals surface area contributed by atoms with Crippen molar-refractivity contribution in [3.63, 3.8) is 0 Å². The van der Waals surface area contributed by atoms with Gasteiger partial charge >= 0.3 is 0 Å². The predicted molar refractivity (Wildman–Crippen MR) is 130 cm³/mol. The van der Waals surface area contributed by atoms with Gasteiger partial charge < -0.3 is 11.1 Å². The summed E-state index contributed by atoms with van der Waals surface area (Å²) in [6, 6.07) is 17.6. The lowest BCUT2D eigenvalue weighted by Gasteiger charge is -2.10. The molecule has 10 heteroatoms. The van der Waals surface area contributed by atoms with E-state index in [1.165, 1.54) is 19.3 Å². The van der Waals surface area contributed by atoms with Gasteiger partial charge in [0.25, 0.3) is 5.91 Å². The zero-order chi connectivity index (χ0) is 24.5. The summed E-state index contributed by atoms with van der Waals surface area (Å²) >= 11 is 0. The number of fused-ring (bicyclic) bond motifs is 1. The molecule has 5 N–H and O–H groups in total. The maximum absolute atomic E-state index is 14.9. The van der Waals surface area contributed by atoms with Gasteiger partial charge in [0.1, 0.15) is 12.1 Å². The maximum atomic E-state index is 14.9. The summed E-state index contributed by atoms with van der Waals surface area (Å²) in [6.45, 7) is 1.49. The van der Waals surface area contributed by atoms with Crippen molar-refractivity contribution in [3.8, 4) is 11.1 Å². The number of amides is 1. The van der Waals surface area contributed by atoms with E-state index in [2.05, 4.69) is 15.3 Å². The number of primary sulfonamides is 1. The quantitative estimate of drug-likeness (QED) is 0.373. The van der Waals surface area contributed by atoms with Gasteiger partial charge in [-0.2, -0.15) is 0 Å². The fraction of sp³-hybridized carbons (Fsp3) is 0.0417. The minimum Gasteiger partial charge on any atom is -0.383 e. The number of sulfonamides is 1. The SMILES string of the molecule is C/C(=C(\F)C(=O)Nc1ccc(-c2ccccc2S(N)(=O)=O)cc1)c1ccc2ncnc(N)c2c1. The van der Waals surface area contributed by atoms with Crippen molar-refractivity contribution in [2.75, 3.05) is 11.1 Å². The van der Waals surface area contributed by atoms with Crippen LogP contribution in [0.3, 0.4) is 0 Å². The van der Waals surface area contributed by atoms with Gasteiger partial charge in [0.05, 0.1) is 10.4 Å². The van der Waals surface area contributed by atoms with Gasteiger partial charge in [0.2, 0.25) is 10.0 Å². The number of nitrogen functional groups attached to an aromatic ring is 1. The topological polar surface area (TPSA) is 141 Å². The molecule has 172 valence electrons. The molecular formula is C24H20FN5O3S. The summed E-state index contributed by atoms with van der Waals surface area (Å²) in [7, 11) is -3.92. The summed E-state index contributed by atoms with van der Waals surface area (Å²) in [5.74, 6) is -1.63. The van der Waals surface area contributed by atoms with Gasteiger partial charge in [-0.1, -0.05) is 36.4 Å². The highest BCUT2D eigenvalue weighted by atomic mass is 32.2. The molecule has 1 aromatic heterocycles. The van der Waals surface area contributed by atoms with Crippen molar-refractivity contribution < 1.29 is 17.6 Å². The second-order valence-electron chi connectivity index (χ2n) is 7.50. The molecule has 0 aliphatic carbocycles. The number of hydrogen-bond acceptors (Lipinski definition) is 6. The summed E-state index contributed by atoms with van der Waals surface area (Å²) in [4.78, 5) is 20.5. The van der Waals surface area contributed by atoms with Crippen LogP contribution in [0.15, 0.2) is 83.8 Å². The van der Waals surface area contributed by atoms with Crippen LogP contribution in [-0.4, -0.2) is 24.3 Å². The van der Waals surface area contributed by atoms with Crippen LogP contribution in [0.1, 0.15) is 12.5 Å². The summed E-state index contributed by atoms with van der Waals surface area (Å²) < 4.78 is 38.6. The molecule has 8 nitrogen and oxygen atoms in total. The highest BCUT2D eigenvalue weighted by Gasteiger charge is 2.17. The first kappa shape index (κ1) is 23.0. The van der Waals surface area contributed by atoms with E-state index in [9.17, 15) is 17.6 Å². The van der Waals surface area contributed by atoms with Crippen LogP contribution < -0.4 is 16.2 Å². The number of nitrogens with one attached hydrogen (secondary N) is 1. The van der Waals surface area contributed by atoms with E-state index in [0.717, 1.165) is 0 Å². The third-order valence-corrected chi connectivity index (χ3v) is 6.24. The first-order valence-corrected chi connectivity index (χ1v) is 11.6. The molecule has 3 aromatic carbocycles. The smallest absolute Gasteiger partial charge is 0.284 e. The van der Waals surface area contributed by atoms with E-state index in [4.69, 9.17) is 10.9 Å². The van der Waals surface area contributed by atoms with E-state index in [-0.39, 0.29) is 16.3 Å². The van der Waals surface area contributed by atoms with Crippen molar-refractivity contribution in [2.24, 2.45) is 5.14 Å². The normalized spacial score (nSPS) is 12.3. The molecule has 0 fully saturated rings. The van der Waals surface area contributed by atoms with E-state index in [1.807, 2.05) is 0 Å². The van der Waals surface area contributed by atoms with Crippen molar-refractivity contribution in [1.29, 1.82) is 0 Å². The van der Waals surface area contributed by atoms with Gasteiger partial charge in [0.15, 0.2) is 5.83 Å². The van der Waals surface area contributed by atoms with Gasteiger partial charge in [-0.15, -0.1) is 0 Å². The monoisotopic (exact) mass is 477 g/mol. The van der Waals surface area contributed by atoms with E-state index in [1.54, 1.807) is 60.7 Å². The molecular weight excluding hydrogens is 457 g/mol. The lowest BCUT2D eigenvalue weighted by molar-refractivity contribution is -0.114. The summed E-state index contributed by atoms with van der Waals surface area (Å²) in [6.07, 6.45) is 1.34. The minimum absolute atomic E-state index is 0.0159. The van der Waals surface area contributed by atoms with Crippen molar-refractivity contribution >= 4 is 43.9 Å². The molecule has 0 bridgehead atoms. The van der Waals surface area contributed by atoms with Crippen LogP contribution in [-0.2, 0) is 14.8 Å². The Kier molecular flexibility index (Phi) is 6.10. The zero-order valence-corrected chi connectivity index (χ0v) is 18.8. The first-order chi connectivity index (χ1) is 16.1. The highest BCUT2D eigenvalue weighted by Crippen LogP contribution is 2.29. The number of nitrogens with zero attached hydrogens (tertiary/aromatic N) is 2. The molecule has 0 unspecified atom stereocenters. The van der Waals surface area contributed by atoms with E-state index < -0.39 is 21.8 Å². The average Bonchev–Trinajstić information content (AvgIpc) is 2.83. The standard InChI is InChI=1S/C24H20FN5O3S/c1-14(16-8-11-20-19(12-16)23(26)29-13-28-20)22(25)24(31)30-17-9-6-15(7-10-17)18-4-2-3-5-21(18)34(27,32)33/h2-13H,1H3,(H,30,31)(H2,26,28,29)(H2,27,32,33)/b22-14+. The third-order valence-electron chi connectivity index (χ3n) is 5.28. The Balaban J connectivity index is 1.57. The van der Waals surface area contributed by atoms with Crippen LogP contribution in [0.5, 0.6) is 0 Å². The number of allylic oxidation sites excluding steroid dienone is 1. The zero-order valence-electron chi connectivity index (χ0n) is 18.0. The molecule has 0 aliphatic heterocycles. The molecule has 0 aliphatic rings. The van der Waals surface area contributed by atoms with E-state index >= 15 is 0 Å². The lowest BCUT2D eigenvalue weighted by Crippen LogP contribution is -2.13. The van der Waals surface area contributed by atoms with Crippen molar-refractivity contribution in [2.45, 2.75) is 11.8 Å². The number of benzene rings is 3. The van der Waals surface area contributed by atoms with Gasteiger partial charge in [-0.25, -0.2) is 27.9 Å². The van der Waals surface area contributed by atoms with Crippen LogP contribution in [0.2, 0.25) is 0 Å². The Labute approximate surface area is 195 Å². The Hall–Kier alpha value is -4.15. The number of hydrogen-bond donors (Lipinski definition) is 3. The van der Waals surface area contributed by atoms with Crippen LogP contribution in [0.4, 0.5) is 15.9 Å². The van der Waals surface area contributed by atoms with Gasteiger partial charge in [-0.05, 0) is 54.0 Å². The highest BCUT2D eigenvalue weighted by molar-refractivity contribution is 7.89. The molecule has 0 radical (unpaired) electrons. The van der Waals surface area contributed by atoms with Gasteiger partial charge in [-0.3, -0.25) is 4.79 Å². The van der Waals surface area contributed by atoms with Crippen molar-refractivity contribution in [3.05, 3.63) is 84.4 Å². The number of rotatable bonds is 5. The van der Waals surface area contributed by atoms with Crippen molar-refractivity contribution in [1.82, 2.24) is 9.97 Å². The molecule has 1 amide bonds. The third kappa shape index (κ3) is 4.63. The van der Waals surface area contributed by atoms with Gasteiger partial charge in [0, 0.05) is 16.6 Å². The van der Waals surface area contributed by atoms with Crippen LogP contribution >= 0.6 is 0 Å². The predicted octanol–water partition coefficient (Wildman–Crippen LogP) is 3.87. The minimum atomic E-state index is -3.92. The summed E-state index contributed by atoms with van der Waals surface area (Å²) in [5.41, 5.74) is 8.40. The first-order valence-electron chi connectivity index (χ1n) is 10.1. The Morgan fingerprint density at radius 3 is 2.41 bits per heavy atom. The fourth-order valence-electron chi connectivity index (χ4n) is 3.48. The molecule has 1 heterocycles. The maximum Gasteiger partial charge on any atom is 0.284 e. The number of anilines is 2. The molecule has 0 saturated carbocycles. The van der Waals surface area contributed by atoms with E-state index in [0.29, 0.717) is 33.3 Å². The Bertz CT molecular complexity index is 1550. The Morgan fingerprint density at radius 2 is 1.71 bits per heavy atom. The number of halogens is 1. The number of carbonyl (C=O) groups excluding carboxylic acids is 1. The van der Waals surface area contributed by atoms with Crippen LogP contribution in [0.25, 0.3) is 27.6 Å². The number of carbonyl (C=O) groups is 1. The Morgan fingerprint density at radius 1 is 1.00 bits per heavy atom. The van der Waals surface area contributed by atoms with Crippen LogP contribution in [0, 0.1) is 0 Å². The second-order valence-corrected chi connectivity index (χ2v) is 9.03. The fourth-order valence-corrected chi connectivity index (χ4v) is 4.24. The second kappa shape index (κ2) is 9.00. The molecule has 4 aromatic rings. The summed E-state index contributed by atoms with van der Waals surface area (Å²) in [5, 5.41) is 8.35. The molecule has 34 heavy (non-hydrogen) atoms. The number of aromatic nitrogens is 2. The molecule has 4 rings (SSSR count). The molecule has 0 saturated heterocycles. The number of nitrogens with two attached hydrogens (primary N) is 2.